The molecule has 1 heterocycles. The number of carboxylic acid groups (broad SMARTS) is 1. The summed E-state index contributed by atoms with van der Waals surface area (Å²) in [5, 5.41) is 13.8. The second-order valence-corrected chi connectivity index (χ2v) is 5.01. The fraction of sp³-hybridized carbons (Fsp3) is 0.154. The van der Waals surface area contributed by atoms with E-state index in [0.717, 1.165) is 18.6 Å². The summed E-state index contributed by atoms with van der Waals surface area (Å²) >= 11 is 1.65. The van der Waals surface area contributed by atoms with Gasteiger partial charge in [0.1, 0.15) is 5.82 Å². The number of thiophene rings is 1. The van der Waals surface area contributed by atoms with E-state index >= 15 is 0 Å². The van der Waals surface area contributed by atoms with Crippen molar-refractivity contribution in [1.29, 1.82) is 0 Å². The molecule has 2 aromatic rings. The third-order valence-electron chi connectivity index (χ3n) is 2.64. The number of anilines is 2. The molecule has 0 saturated heterocycles. The monoisotopic (exact) mass is 280 g/mol. The normalized spacial score (nSPS) is 10.4. The molecule has 0 spiro atoms. The SMILES string of the molecule is Nc1cc(C(=O)O)c(F)cc1NCCc1cccs1. The van der Waals surface area contributed by atoms with Gasteiger partial charge in [0.2, 0.25) is 0 Å². The summed E-state index contributed by atoms with van der Waals surface area (Å²) in [6.07, 6.45) is 0.805. The maximum Gasteiger partial charge on any atom is 0.338 e. The van der Waals surface area contributed by atoms with Gasteiger partial charge in [0.15, 0.2) is 0 Å². The maximum atomic E-state index is 13.5. The molecule has 100 valence electrons. The molecular weight excluding hydrogens is 267 g/mol. The second-order valence-electron chi connectivity index (χ2n) is 3.98. The summed E-state index contributed by atoms with van der Waals surface area (Å²) in [7, 11) is 0. The topological polar surface area (TPSA) is 75.4 Å². The Kier molecular flexibility index (Phi) is 4.01. The molecule has 4 nitrogen and oxygen atoms in total. The molecule has 4 N–H and O–H groups in total. The van der Waals surface area contributed by atoms with E-state index in [0.29, 0.717) is 12.2 Å². The standard InChI is InChI=1S/C13H13FN2O2S/c14-10-7-12(11(15)6-9(10)13(17)18)16-4-3-8-2-1-5-19-8/h1-2,5-7,16H,3-4,15H2,(H,17,18). The van der Waals surface area contributed by atoms with E-state index in [1.165, 1.54) is 4.88 Å². The van der Waals surface area contributed by atoms with Crippen LogP contribution >= 0.6 is 11.3 Å². The molecule has 0 saturated carbocycles. The van der Waals surface area contributed by atoms with Crippen LogP contribution in [0.2, 0.25) is 0 Å². The molecule has 6 heteroatoms. The molecule has 0 unspecified atom stereocenters. The van der Waals surface area contributed by atoms with Crippen LogP contribution in [-0.2, 0) is 6.42 Å². The van der Waals surface area contributed by atoms with Crippen LogP contribution in [0.25, 0.3) is 0 Å². The summed E-state index contributed by atoms with van der Waals surface area (Å²) in [5.74, 6) is -2.12. The van der Waals surface area contributed by atoms with Gasteiger partial charge in [-0.2, -0.15) is 0 Å². The third kappa shape index (κ3) is 3.23. The maximum absolute atomic E-state index is 13.5. The van der Waals surface area contributed by atoms with Crippen molar-refractivity contribution >= 4 is 28.7 Å². The smallest absolute Gasteiger partial charge is 0.338 e. The lowest BCUT2D eigenvalue weighted by atomic mass is 10.1. The highest BCUT2D eigenvalue weighted by molar-refractivity contribution is 7.09. The quantitative estimate of drug-likeness (QED) is 0.736. The van der Waals surface area contributed by atoms with Gasteiger partial charge < -0.3 is 16.2 Å². The number of hydrogen-bond acceptors (Lipinski definition) is 4. The number of nitrogen functional groups attached to an aromatic ring is 1. The second kappa shape index (κ2) is 5.71. The van der Waals surface area contributed by atoms with Crippen molar-refractivity contribution in [3.63, 3.8) is 0 Å². The van der Waals surface area contributed by atoms with Gasteiger partial charge in [-0.15, -0.1) is 11.3 Å². The van der Waals surface area contributed by atoms with Crippen molar-refractivity contribution in [2.24, 2.45) is 0 Å². The number of rotatable bonds is 5. The van der Waals surface area contributed by atoms with Crippen LogP contribution in [0.15, 0.2) is 29.6 Å². The van der Waals surface area contributed by atoms with Gasteiger partial charge in [-0.3, -0.25) is 0 Å². The van der Waals surface area contributed by atoms with Crippen molar-refractivity contribution in [2.75, 3.05) is 17.6 Å². The number of nitrogens with two attached hydrogens (primary N) is 1. The Balaban J connectivity index is 2.04. The van der Waals surface area contributed by atoms with E-state index < -0.39 is 17.3 Å². The van der Waals surface area contributed by atoms with E-state index in [9.17, 15) is 9.18 Å². The molecule has 1 aromatic carbocycles. The van der Waals surface area contributed by atoms with Gasteiger partial charge in [0.05, 0.1) is 16.9 Å². The van der Waals surface area contributed by atoms with E-state index in [1.807, 2.05) is 17.5 Å². The van der Waals surface area contributed by atoms with Crippen molar-refractivity contribution in [3.05, 3.63) is 45.9 Å². The molecule has 0 atom stereocenters. The highest BCUT2D eigenvalue weighted by Crippen LogP contribution is 2.23. The first-order chi connectivity index (χ1) is 9.08. The molecule has 0 fully saturated rings. The van der Waals surface area contributed by atoms with Crippen molar-refractivity contribution in [1.82, 2.24) is 0 Å². The Bertz CT molecular complexity index is 585. The minimum absolute atomic E-state index is 0.227. The Morgan fingerprint density at radius 2 is 2.26 bits per heavy atom. The predicted octanol–water partition coefficient (Wildman–Crippen LogP) is 2.82. The zero-order valence-electron chi connectivity index (χ0n) is 10.0. The van der Waals surface area contributed by atoms with Crippen molar-refractivity contribution in [3.8, 4) is 0 Å². The number of carboxylic acids is 1. The summed E-state index contributed by atoms with van der Waals surface area (Å²) in [4.78, 5) is 12.0. The van der Waals surface area contributed by atoms with Crippen LogP contribution in [0.4, 0.5) is 15.8 Å². The van der Waals surface area contributed by atoms with E-state index in [-0.39, 0.29) is 5.69 Å². The van der Waals surface area contributed by atoms with Gasteiger partial charge in [-0.25, -0.2) is 9.18 Å². The molecule has 0 aliphatic heterocycles. The van der Waals surface area contributed by atoms with E-state index in [4.69, 9.17) is 10.8 Å². The Hall–Kier alpha value is -2.08. The molecule has 19 heavy (non-hydrogen) atoms. The number of benzene rings is 1. The van der Waals surface area contributed by atoms with E-state index in [1.54, 1.807) is 11.3 Å². The summed E-state index contributed by atoms with van der Waals surface area (Å²) in [5.41, 5.74) is 5.92. The minimum Gasteiger partial charge on any atom is -0.478 e. The Labute approximate surface area is 113 Å². The van der Waals surface area contributed by atoms with Gasteiger partial charge in [0, 0.05) is 11.4 Å². The number of aromatic carboxylic acids is 1. The first-order valence-corrected chi connectivity index (χ1v) is 6.54. The number of halogens is 1. The number of carbonyl (C=O) groups is 1. The van der Waals surface area contributed by atoms with Crippen LogP contribution in [0.5, 0.6) is 0 Å². The molecular formula is C13H13FN2O2S. The molecule has 0 aliphatic carbocycles. The molecule has 0 amide bonds. The Morgan fingerprint density at radius 1 is 1.47 bits per heavy atom. The fourth-order valence-corrected chi connectivity index (χ4v) is 2.39. The zero-order chi connectivity index (χ0) is 13.8. The third-order valence-corrected chi connectivity index (χ3v) is 3.57. The van der Waals surface area contributed by atoms with Crippen LogP contribution in [0.3, 0.4) is 0 Å². The van der Waals surface area contributed by atoms with Crippen LogP contribution in [0.1, 0.15) is 15.2 Å². The van der Waals surface area contributed by atoms with Crippen LogP contribution in [0, 0.1) is 5.82 Å². The van der Waals surface area contributed by atoms with Gasteiger partial charge in [-0.1, -0.05) is 6.07 Å². The van der Waals surface area contributed by atoms with Crippen molar-refractivity contribution < 1.29 is 14.3 Å². The molecule has 0 radical (unpaired) electrons. The lowest BCUT2D eigenvalue weighted by Gasteiger charge is -2.10. The molecule has 2 rings (SSSR count). The fourth-order valence-electron chi connectivity index (χ4n) is 1.68. The summed E-state index contributed by atoms with van der Waals surface area (Å²) in [6, 6.07) is 6.23. The first-order valence-electron chi connectivity index (χ1n) is 5.66. The average molecular weight is 280 g/mol. The van der Waals surface area contributed by atoms with Gasteiger partial charge >= 0.3 is 5.97 Å². The largest absolute Gasteiger partial charge is 0.478 e. The van der Waals surface area contributed by atoms with Crippen LogP contribution < -0.4 is 11.1 Å². The minimum atomic E-state index is -1.32. The average Bonchev–Trinajstić information content (AvgIpc) is 2.85. The molecule has 0 aliphatic rings. The van der Waals surface area contributed by atoms with Crippen molar-refractivity contribution in [2.45, 2.75) is 6.42 Å². The van der Waals surface area contributed by atoms with Crippen LogP contribution in [-0.4, -0.2) is 17.6 Å². The van der Waals surface area contributed by atoms with Gasteiger partial charge in [-0.05, 0) is 30.0 Å². The molecule has 0 bridgehead atoms. The lowest BCUT2D eigenvalue weighted by molar-refractivity contribution is 0.0692. The summed E-state index contributed by atoms with van der Waals surface area (Å²) < 4.78 is 13.5. The zero-order valence-corrected chi connectivity index (χ0v) is 10.8. The van der Waals surface area contributed by atoms with Gasteiger partial charge in [0.25, 0.3) is 0 Å². The molecule has 1 aromatic heterocycles. The first kappa shape index (κ1) is 13.4. The Morgan fingerprint density at radius 3 is 2.89 bits per heavy atom. The number of nitrogens with one attached hydrogen (secondary N) is 1. The predicted molar refractivity (Wildman–Crippen MR) is 74.3 cm³/mol. The highest BCUT2D eigenvalue weighted by Gasteiger charge is 2.13. The number of hydrogen-bond donors (Lipinski definition) is 3. The van der Waals surface area contributed by atoms with E-state index in [2.05, 4.69) is 5.32 Å². The lowest BCUT2D eigenvalue weighted by Crippen LogP contribution is -2.09. The highest BCUT2D eigenvalue weighted by atomic mass is 32.1. The summed E-state index contributed by atoms with van der Waals surface area (Å²) in [6.45, 7) is 0.608.